The third-order valence-corrected chi connectivity index (χ3v) is 4.63. The van der Waals surface area contributed by atoms with Gasteiger partial charge in [-0.15, -0.1) is 0 Å². The molecule has 134 valence electrons. The molecule has 3 rings (SSSR count). The number of aromatic nitrogens is 2. The van der Waals surface area contributed by atoms with E-state index in [1.165, 1.54) is 23.0 Å². The first kappa shape index (κ1) is 18.7. The molecule has 1 N–H and O–H groups in total. The Morgan fingerprint density at radius 3 is 2.69 bits per heavy atom. The van der Waals surface area contributed by atoms with E-state index in [2.05, 4.69) is 10.3 Å². The predicted octanol–water partition coefficient (Wildman–Crippen LogP) is 4.23. The SMILES string of the molecule is CC(NC(=O)Cn1cnc2c(Cl)cc(Cl)cc2c1=O)c1cccc(Cl)c1. The van der Waals surface area contributed by atoms with Crippen molar-refractivity contribution in [2.75, 3.05) is 0 Å². The Morgan fingerprint density at radius 1 is 1.19 bits per heavy atom. The van der Waals surface area contributed by atoms with Gasteiger partial charge in [-0.05, 0) is 36.8 Å². The molecule has 0 saturated carbocycles. The van der Waals surface area contributed by atoms with E-state index in [0.29, 0.717) is 15.6 Å². The second-order valence-electron chi connectivity index (χ2n) is 5.81. The maximum absolute atomic E-state index is 12.6. The summed E-state index contributed by atoms with van der Waals surface area (Å²) >= 11 is 18.0. The van der Waals surface area contributed by atoms with E-state index in [-0.39, 0.29) is 34.5 Å². The summed E-state index contributed by atoms with van der Waals surface area (Å²) in [5.74, 6) is -0.325. The lowest BCUT2D eigenvalue weighted by Gasteiger charge is -2.15. The van der Waals surface area contributed by atoms with Gasteiger partial charge >= 0.3 is 0 Å². The number of nitrogens with one attached hydrogen (secondary N) is 1. The number of carbonyl (C=O) groups excluding carboxylic acids is 1. The lowest BCUT2D eigenvalue weighted by atomic mass is 10.1. The maximum Gasteiger partial charge on any atom is 0.261 e. The summed E-state index contributed by atoms with van der Waals surface area (Å²) in [6, 6.07) is 9.96. The van der Waals surface area contributed by atoms with Crippen molar-refractivity contribution in [3.63, 3.8) is 0 Å². The summed E-state index contributed by atoms with van der Waals surface area (Å²) in [5, 5.41) is 4.31. The molecule has 0 aliphatic carbocycles. The zero-order valence-corrected chi connectivity index (χ0v) is 15.9. The molecule has 0 fully saturated rings. The van der Waals surface area contributed by atoms with Crippen molar-refractivity contribution in [3.05, 3.63) is 73.7 Å². The molecule has 0 bridgehead atoms. The Bertz CT molecular complexity index is 1050. The summed E-state index contributed by atoms with van der Waals surface area (Å²) in [7, 11) is 0. The van der Waals surface area contributed by atoms with Gasteiger partial charge < -0.3 is 5.32 Å². The van der Waals surface area contributed by atoms with Crippen LogP contribution in [0.1, 0.15) is 18.5 Å². The first-order valence-electron chi connectivity index (χ1n) is 7.74. The Balaban J connectivity index is 1.81. The molecule has 8 heteroatoms. The van der Waals surface area contributed by atoms with Crippen molar-refractivity contribution >= 4 is 51.6 Å². The molecule has 3 aromatic rings. The van der Waals surface area contributed by atoms with Gasteiger partial charge in [-0.25, -0.2) is 4.98 Å². The van der Waals surface area contributed by atoms with Crippen molar-refractivity contribution < 1.29 is 4.79 Å². The summed E-state index contributed by atoms with van der Waals surface area (Å²) in [5.41, 5.74) is 0.836. The standard InChI is InChI=1S/C18H14Cl3N3O2/c1-10(11-3-2-4-12(19)5-11)23-16(25)8-24-9-22-17-14(18(24)26)6-13(20)7-15(17)21/h2-7,9-10H,8H2,1H3,(H,23,25). The fourth-order valence-electron chi connectivity index (χ4n) is 2.61. The highest BCUT2D eigenvalue weighted by atomic mass is 35.5. The summed E-state index contributed by atoms with van der Waals surface area (Å²) in [6.07, 6.45) is 1.30. The molecule has 1 unspecified atom stereocenters. The van der Waals surface area contributed by atoms with Crippen LogP contribution in [0.4, 0.5) is 0 Å². The van der Waals surface area contributed by atoms with E-state index >= 15 is 0 Å². The molecule has 1 heterocycles. The topological polar surface area (TPSA) is 64.0 Å². The van der Waals surface area contributed by atoms with E-state index < -0.39 is 0 Å². The summed E-state index contributed by atoms with van der Waals surface area (Å²) in [4.78, 5) is 29.1. The molecule has 26 heavy (non-hydrogen) atoms. The van der Waals surface area contributed by atoms with E-state index in [4.69, 9.17) is 34.8 Å². The quantitative estimate of drug-likeness (QED) is 0.700. The molecule has 0 saturated heterocycles. The van der Waals surface area contributed by atoms with Gasteiger partial charge in [-0.2, -0.15) is 0 Å². The fourth-order valence-corrected chi connectivity index (χ4v) is 3.35. The van der Waals surface area contributed by atoms with Crippen molar-refractivity contribution in [2.24, 2.45) is 0 Å². The first-order valence-corrected chi connectivity index (χ1v) is 8.87. The van der Waals surface area contributed by atoms with Crippen molar-refractivity contribution in [3.8, 4) is 0 Å². The largest absolute Gasteiger partial charge is 0.348 e. The summed E-state index contributed by atoms with van der Waals surface area (Å²) in [6.45, 7) is 1.67. The van der Waals surface area contributed by atoms with Gasteiger partial charge in [0, 0.05) is 10.0 Å². The normalized spacial score (nSPS) is 12.2. The predicted molar refractivity (Wildman–Crippen MR) is 104 cm³/mol. The number of rotatable bonds is 4. The van der Waals surface area contributed by atoms with Crippen LogP contribution < -0.4 is 10.9 Å². The Morgan fingerprint density at radius 2 is 1.96 bits per heavy atom. The number of nitrogens with zero attached hydrogens (tertiary/aromatic N) is 2. The van der Waals surface area contributed by atoms with Crippen LogP contribution >= 0.6 is 34.8 Å². The van der Waals surface area contributed by atoms with Gasteiger partial charge in [0.25, 0.3) is 5.56 Å². The summed E-state index contributed by atoms with van der Waals surface area (Å²) < 4.78 is 1.22. The number of hydrogen-bond acceptors (Lipinski definition) is 3. The van der Waals surface area contributed by atoms with Gasteiger partial charge in [-0.3, -0.25) is 14.2 Å². The average molecular weight is 411 g/mol. The Kier molecular flexibility index (Phi) is 5.51. The highest BCUT2D eigenvalue weighted by Gasteiger charge is 2.14. The molecule has 0 aliphatic heterocycles. The third kappa shape index (κ3) is 4.01. The van der Waals surface area contributed by atoms with Crippen LogP contribution in [0.5, 0.6) is 0 Å². The Hall–Kier alpha value is -2.08. The van der Waals surface area contributed by atoms with E-state index in [1.807, 2.05) is 19.1 Å². The molecule has 0 radical (unpaired) electrons. The van der Waals surface area contributed by atoms with Crippen molar-refractivity contribution in [2.45, 2.75) is 19.5 Å². The first-order chi connectivity index (χ1) is 12.3. The number of halogens is 3. The van der Waals surface area contributed by atoms with Crippen molar-refractivity contribution in [1.29, 1.82) is 0 Å². The minimum absolute atomic E-state index is 0.170. The van der Waals surface area contributed by atoms with Gasteiger partial charge in [0.1, 0.15) is 6.54 Å². The van der Waals surface area contributed by atoms with Crippen LogP contribution in [-0.4, -0.2) is 15.5 Å². The number of carbonyl (C=O) groups is 1. The molecule has 0 spiro atoms. The smallest absolute Gasteiger partial charge is 0.261 e. The maximum atomic E-state index is 12.6. The second kappa shape index (κ2) is 7.66. The van der Waals surface area contributed by atoms with Crippen LogP contribution in [0, 0.1) is 0 Å². The molecular formula is C18H14Cl3N3O2. The highest BCUT2D eigenvalue weighted by Crippen LogP contribution is 2.24. The Labute approximate surface area is 164 Å². The minimum Gasteiger partial charge on any atom is -0.348 e. The third-order valence-electron chi connectivity index (χ3n) is 3.89. The van der Waals surface area contributed by atoms with Gasteiger partial charge in [0.15, 0.2) is 0 Å². The van der Waals surface area contributed by atoms with Crippen LogP contribution in [0.3, 0.4) is 0 Å². The monoisotopic (exact) mass is 409 g/mol. The van der Waals surface area contributed by atoms with Crippen LogP contribution in [-0.2, 0) is 11.3 Å². The number of hydrogen-bond donors (Lipinski definition) is 1. The number of fused-ring (bicyclic) bond motifs is 1. The van der Waals surface area contributed by atoms with Crippen molar-refractivity contribution in [1.82, 2.24) is 14.9 Å². The molecule has 0 aliphatic rings. The van der Waals surface area contributed by atoms with Crippen LogP contribution in [0.2, 0.25) is 15.1 Å². The van der Waals surface area contributed by atoms with E-state index in [0.717, 1.165) is 5.56 Å². The van der Waals surface area contributed by atoms with E-state index in [1.54, 1.807) is 12.1 Å². The van der Waals surface area contributed by atoms with Crippen LogP contribution in [0.15, 0.2) is 47.5 Å². The highest BCUT2D eigenvalue weighted by molar-refractivity contribution is 6.38. The zero-order chi connectivity index (χ0) is 18.8. The number of amides is 1. The molecule has 1 aromatic heterocycles. The molecule has 1 amide bonds. The van der Waals surface area contributed by atoms with Gasteiger partial charge in [-0.1, -0.05) is 46.9 Å². The lowest BCUT2D eigenvalue weighted by molar-refractivity contribution is -0.122. The average Bonchev–Trinajstić information content (AvgIpc) is 2.57. The van der Waals surface area contributed by atoms with E-state index in [9.17, 15) is 9.59 Å². The molecule has 1 atom stereocenters. The molecule has 2 aromatic carbocycles. The molecule has 5 nitrogen and oxygen atoms in total. The second-order valence-corrected chi connectivity index (χ2v) is 7.09. The molecular weight excluding hydrogens is 397 g/mol. The minimum atomic E-state index is -0.384. The van der Waals surface area contributed by atoms with Gasteiger partial charge in [0.2, 0.25) is 5.91 Å². The number of benzene rings is 2. The lowest BCUT2D eigenvalue weighted by Crippen LogP contribution is -2.34. The fraction of sp³-hybridized carbons (Fsp3) is 0.167. The van der Waals surface area contributed by atoms with Gasteiger partial charge in [0.05, 0.1) is 28.3 Å². The zero-order valence-electron chi connectivity index (χ0n) is 13.7. The van der Waals surface area contributed by atoms with Crippen LogP contribution in [0.25, 0.3) is 10.9 Å².